The van der Waals surface area contributed by atoms with Crippen LogP contribution in [0.25, 0.3) is 11.3 Å². The summed E-state index contributed by atoms with van der Waals surface area (Å²) < 4.78 is 0. The van der Waals surface area contributed by atoms with Crippen molar-refractivity contribution in [3.8, 4) is 11.3 Å². The number of nitrogens with two attached hydrogens (primary N) is 1. The molecule has 2 aromatic rings. The van der Waals surface area contributed by atoms with Gasteiger partial charge in [-0.15, -0.1) is 11.3 Å². The molecule has 17 heavy (non-hydrogen) atoms. The average molecular weight is 249 g/mol. The summed E-state index contributed by atoms with van der Waals surface area (Å²) in [7, 11) is 0. The molecule has 0 aliphatic heterocycles. The Bertz CT molecular complexity index is 522. The lowest BCUT2D eigenvalue weighted by atomic mass is 10.1. The molecule has 1 aromatic heterocycles. The van der Waals surface area contributed by atoms with Gasteiger partial charge in [-0.1, -0.05) is 12.1 Å². The van der Waals surface area contributed by atoms with Crippen LogP contribution in [0, 0.1) is 0 Å². The number of aromatic nitrogens is 1. The molecule has 88 valence electrons. The Kier molecular flexibility index (Phi) is 3.24. The summed E-state index contributed by atoms with van der Waals surface area (Å²) in [4.78, 5) is 14.7. The Hall–Kier alpha value is -2.08. The number of hydrogen-bond acceptors (Lipinski definition) is 5. The molecule has 1 aromatic carbocycles. The van der Waals surface area contributed by atoms with Gasteiger partial charge in [0.25, 0.3) is 0 Å². The summed E-state index contributed by atoms with van der Waals surface area (Å²) in [5.41, 5.74) is 8.06. The molecule has 0 saturated heterocycles. The summed E-state index contributed by atoms with van der Waals surface area (Å²) in [5.74, 6) is -0.908. The van der Waals surface area contributed by atoms with Crippen LogP contribution in [0.15, 0.2) is 29.6 Å². The fourth-order valence-corrected chi connectivity index (χ4v) is 2.01. The van der Waals surface area contributed by atoms with Crippen molar-refractivity contribution >= 4 is 28.1 Å². The van der Waals surface area contributed by atoms with Crippen LogP contribution < -0.4 is 11.1 Å². The molecule has 0 bridgehead atoms. The monoisotopic (exact) mass is 249 g/mol. The predicted molar refractivity (Wildman–Crippen MR) is 68.1 cm³/mol. The van der Waals surface area contributed by atoms with E-state index in [0.717, 1.165) is 11.3 Å². The first-order valence-corrected chi connectivity index (χ1v) is 5.80. The first kappa shape index (κ1) is 11.4. The SMILES string of the molecule is Nc1ccc(-c2csc(NCC(=O)O)n2)cc1. The number of thiazole rings is 1. The van der Waals surface area contributed by atoms with Crippen molar-refractivity contribution in [1.29, 1.82) is 0 Å². The number of nitrogen functional groups attached to an aromatic ring is 1. The number of benzene rings is 1. The van der Waals surface area contributed by atoms with Gasteiger partial charge in [0.2, 0.25) is 0 Å². The summed E-state index contributed by atoms with van der Waals surface area (Å²) in [6.07, 6.45) is 0. The maximum atomic E-state index is 10.4. The Morgan fingerprint density at radius 2 is 2.12 bits per heavy atom. The smallest absolute Gasteiger partial charge is 0.322 e. The van der Waals surface area contributed by atoms with Crippen LogP contribution in [-0.2, 0) is 4.79 Å². The van der Waals surface area contributed by atoms with Gasteiger partial charge in [0.15, 0.2) is 5.13 Å². The van der Waals surface area contributed by atoms with Crippen molar-refractivity contribution in [2.24, 2.45) is 0 Å². The van der Waals surface area contributed by atoms with Crippen LogP contribution in [0.2, 0.25) is 0 Å². The van der Waals surface area contributed by atoms with Gasteiger partial charge in [0, 0.05) is 16.6 Å². The highest BCUT2D eigenvalue weighted by Gasteiger charge is 2.05. The predicted octanol–water partition coefficient (Wildman–Crippen LogP) is 1.89. The lowest BCUT2D eigenvalue weighted by molar-refractivity contribution is -0.134. The molecule has 0 unspecified atom stereocenters. The lowest BCUT2D eigenvalue weighted by Gasteiger charge is -1.98. The molecule has 0 amide bonds. The second kappa shape index (κ2) is 4.84. The third kappa shape index (κ3) is 2.94. The van der Waals surface area contributed by atoms with Gasteiger partial charge < -0.3 is 16.2 Å². The van der Waals surface area contributed by atoms with E-state index in [1.165, 1.54) is 11.3 Å². The molecular weight excluding hydrogens is 238 g/mol. The fraction of sp³-hybridized carbons (Fsp3) is 0.0909. The summed E-state index contributed by atoms with van der Waals surface area (Å²) in [5, 5.41) is 13.7. The Labute approximate surface area is 102 Å². The van der Waals surface area contributed by atoms with Crippen LogP contribution in [0.1, 0.15) is 0 Å². The third-order valence-electron chi connectivity index (χ3n) is 2.10. The molecule has 0 saturated carbocycles. The van der Waals surface area contributed by atoms with Crippen LogP contribution >= 0.6 is 11.3 Å². The zero-order chi connectivity index (χ0) is 12.3. The molecule has 0 radical (unpaired) electrons. The van der Waals surface area contributed by atoms with Gasteiger partial charge in [-0.25, -0.2) is 4.98 Å². The number of carbonyl (C=O) groups is 1. The standard InChI is InChI=1S/C11H11N3O2S/c12-8-3-1-7(2-4-8)9-6-17-11(14-9)13-5-10(15)16/h1-4,6H,5,12H2,(H,13,14)(H,15,16). The molecule has 6 heteroatoms. The van der Waals surface area contributed by atoms with Crippen LogP contribution in [0.5, 0.6) is 0 Å². The highest BCUT2D eigenvalue weighted by atomic mass is 32.1. The van der Waals surface area contributed by atoms with Gasteiger partial charge in [-0.3, -0.25) is 4.79 Å². The van der Waals surface area contributed by atoms with Gasteiger partial charge in [0.1, 0.15) is 6.54 Å². The Balaban J connectivity index is 2.12. The molecule has 0 aliphatic rings. The van der Waals surface area contributed by atoms with E-state index >= 15 is 0 Å². The first-order chi connectivity index (χ1) is 8.15. The van der Waals surface area contributed by atoms with Gasteiger partial charge >= 0.3 is 5.97 Å². The van der Waals surface area contributed by atoms with E-state index in [1.54, 1.807) is 12.1 Å². The van der Waals surface area contributed by atoms with E-state index in [1.807, 2.05) is 17.5 Å². The van der Waals surface area contributed by atoms with Crippen molar-refractivity contribution in [2.75, 3.05) is 17.6 Å². The Morgan fingerprint density at radius 1 is 1.41 bits per heavy atom. The molecule has 0 spiro atoms. The molecule has 0 aliphatic carbocycles. The van der Waals surface area contributed by atoms with E-state index in [2.05, 4.69) is 10.3 Å². The van der Waals surface area contributed by atoms with Crippen molar-refractivity contribution in [1.82, 2.24) is 4.98 Å². The highest BCUT2D eigenvalue weighted by Crippen LogP contribution is 2.25. The average Bonchev–Trinajstić information content (AvgIpc) is 2.76. The van der Waals surface area contributed by atoms with Crippen LogP contribution in [0.4, 0.5) is 10.8 Å². The lowest BCUT2D eigenvalue weighted by Crippen LogP contribution is -2.11. The maximum Gasteiger partial charge on any atom is 0.322 e. The third-order valence-corrected chi connectivity index (χ3v) is 2.90. The number of aliphatic carboxylic acids is 1. The first-order valence-electron chi connectivity index (χ1n) is 4.92. The highest BCUT2D eigenvalue weighted by molar-refractivity contribution is 7.14. The number of rotatable bonds is 4. The molecule has 0 atom stereocenters. The van der Waals surface area contributed by atoms with Gasteiger partial charge in [-0.05, 0) is 12.1 Å². The molecule has 4 N–H and O–H groups in total. The summed E-state index contributed by atoms with van der Waals surface area (Å²) >= 11 is 1.37. The quantitative estimate of drug-likeness (QED) is 0.720. The minimum absolute atomic E-state index is 0.130. The number of hydrogen-bond donors (Lipinski definition) is 3. The molecule has 1 heterocycles. The second-order valence-electron chi connectivity index (χ2n) is 3.41. The maximum absolute atomic E-state index is 10.4. The topological polar surface area (TPSA) is 88.2 Å². The van der Waals surface area contributed by atoms with Crippen LogP contribution in [0.3, 0.4) is 0 Å². The van der Waals surface area contributed by atoms with Crippen LogP contribution in [-0.4, -0.2) is 22.6 Å². The van der Waals surface area contributed by atoms with E-state index < -0.39 is 5.97 Å². The largest absolute Gasteiger partial charge is 0.480 e. The number of anilines is 2. The number of carboxylic acid groups (broad SMARTS) is 1. The van der Waals surface area contributed by atoms with Crippen molar-refractivity contribution < 1.29 is 9.90 Å². The Morgan fingerprint density at radius 3 is 2.76 bits per heavy atom. The number of nitrogens with zero attached hydrogens (tertiary/aromatic N) is 1. The minimum atomic E-state index is -0.908. The summed E-state index contributed by atoms with van der Waals surface area (Å²) in [6, 6.07) is 7.37. The van der Waals surface area contributed by atoms with E-state index in [-0.39, 0.29) is 6.54 Å². The van der Waals surface area contributed by atoms with E-state index in [0.29, 0.717) is 10.8 Å². The zero-order valence-corrected chi connectivity index (χ0v) is 9.70. The number of nitrogens with one attached hydrogen (secondary N) is 1. The molecule has 0 fully saturated rings. The van der Waals surface area contributed by atoms with Crippen molar-refractivity contribution in [3.63, 3.8) is 0 Å². The van der Waals surface area contributed by atoms with Crippen molar-refractivity contribution in [3.05, 3.63) is 29.6 Å². The van der Waals surface area contributed by atoms with E-state index in [4.69, 9.17) is 10.8 Å². The number of carboxylic acids is 1. The summed E-state index contributed by atoms with van der Waals surface area (Å²) in [6.45, 7) is -0.130. The molecule has 5 nitrogen and oxygen atoms in total. The minimum Gasteiger partial charge on any atom is -0.480 e. The van der Waals surface area contributed by atoms with Crippen molar-refractivity contribution in [2.45, 2.75) is 0 Å². The molecular formula is C11H11N3O2S. The van der Waals surface area contributed by atoms with E-state index in [9.17, 15) is 4.79 Å². The zero-order valence-electron chi connectivity index (χ0n) is 8.88. The van der Waals surface area contributed by atoms with Gasteiger partial charge in [-0.2, -0.15) is 0 Å². The normalized spacial score (nSPS) is 10.1. The second-order valence-corrected chi connectivity index (χ2v) is 4.27. The molecule has 2 rings (SSSR count). The fourth-order valence-electron chi connectivity index (χ4n) is 1.29. The van der Waals surface area contributed by atoms with Gasteiger partial charge in [0.05, 0.1) is 5.69 Å².